The summed E-state index contributed by atoms with van der Waals surface area (Å²) in [5.41, 5.74) is 7.24. The van der Waals surface area contributed by atoms with Gasteiger partial charge in [0.15, 0.2) is 0 Å². The maximum Gasteiger partial charge on any atom is 0.0640 e. The first-order chi connectivity index (χ1) is 8.60. The number of nitrogens with two attached hydrogens (primary N) is 1. The van der Waals surface area contributed by atoms with Gasteiger partial charge in [0, 0.05) is 20.2 Å². The first kappa shape index (κ1) is 14.9. The van der Waals surface area contributed by atoms with E-state index in [9.17, 15) is 0 Å². The number of rotatable bonds is 6. The van der Waals surface area contributed by atoms with E-state index >= 15 is 0 Å². The van der Waals surface area contributed by atoms with Crippen LogP contribution >= 0.6 is 23.2 Å². The summed E-state index contributed by atoms with van der Waals surface area (Å²) in [4.78, 5) is 1.96. The van der Waals surface area contributed by atoms with Crippen LogP contribution in [0.2, 0.25) is 10.0 Å². The maximum absolute atomic E-state index is 8.67. The number of hydrogen-bond donors (Lipinski definition) is 1. The van der Waals surface area contributed by atoms with Gasteiger partial charge in [0.1, 0.15) is 0 Å². The molecule has 0 aromatic heterocycles. The Bertz CT molecular complexity index is 446. The van der Waals surface area contributed by atoms with Gasteiger partial charge in [-0.25, -0.2) is 0 Å². The summed E-state index contributed by atoms with van der Waals surface area (Å²) in [5, 5.41) is 9.53. The Balaban J connectivity index is 2.96. The van der Waals surface area contributed by atoms with E-state index in [-0.39, 0.29) is 0 Å². The van der Waals surface area contributed by atoms with Crippen LogP contribution in [0.5, 0.6) is 0 Å². The molecule has 1 aromatic rings. The third kappa shape index (κ3) is 3.95. The van der Waals surface area contributed by atoms with Gasteiger partial charge < -0.3 is 15.4 Å². The molecule has 0 amide bonds. The quantitative estimate of drug-likeness (QED) is 0.817. The smallest absolute Gasteiger partial charge is 0.0640 e. The summed E-state index contributed by atoms with van der Waals surface area (Å²) in [6.07, 6.45) is 0.406. The van der Waals surface area contributed by atoms with E-state index in [0.29, 0.717) is 41.8 Å². The Morgan fingerprint density at radius 3 is 2.61 bits per heavy atom. The summed E-state index contributed by atoms with van der Waals surface area (Å²) in [6, 6.07) is 5.44. The molecule has 0 aliphatic carbocycles. The van der Waals surface area contributed by atoms with Crippen molar-refractivity contribution in [2.45, 2.75) is 6.42 Å². The van der Waals surface area contributed by atoms with Crippen molar-refractivity contribution in [3.63, 3.8) is 0 Å². The van der Waals surface area contributed by atoms with Crippen LogP contribution in [0.15, 0.2) is 12.1 Å². The fourth-order valence-corrected chi connectivity index (χ4v) is 1.89. The second-order valence-electron chi connectivity index (χ2n) is 3.71. The summed E-state index contributed by atoms with van der Waals surface area (Å²) >= 11 is 11.9. The maximum atomic E-state index is 8.67. The van der Waals surface area contributed by atoms with Crippen molar-refractivity contribution in [2.24, 2.45) is 0 Å². The molecule has 6 heteroatoms. The minimum atomic E-state index is 0.406. The molecule has 0 saturated carbocycles. The van der Waals surface area contributed by atoms with Crippen LogP contribution in [-0.2, 0) is 4.74 Å². The molecule has 0 atom stereocenters. The zero-order valence-electron chi connectivity index (χ0n) is 10.1. The lowest BCUT2D eigenvalue weighted by atomic mass is 10.2. The van der Waals surface area contributed by atoms with Gasteiger partial charge in [0.2, 0.25) is 0 Å². The largest absolute Gasteiger partial charge is 0.397 e. The summed E-state index contributed by atoms with van der Waals surface area (Å²) in [6.45, 7) is 1.76. The highest BCUT2D eigenvalue weighted by Gasteiger charge is 2.12. The fourth-order valence-electron chi connectivity index (χ4n) is 1.56. The molecule has 0 fully saturated rings. The van der Waals surface area contributed by atoms with Gasteiger partial charge in [0.25, 0.3) is 0 Å². The molecule has 0 unspecified atom stereocenters. The Kier molecular flexibility index (Phi) is 6.06. The lowest BCUT2D eigenvalue weighted by Crippen LogP contribution is -2.28. The summed E-state index contributed by atoms with van der Waals surface area (Å²) in [5.74, 6) is 0. The minimum Gasteiger partial charge on any atom is -0.397 e. The number of benzene rings is 1. The molecule has 0 bridgehead atoms. The average Bonchev–Trinajstić information content (AvgIpc) is 2.35. The van der Waals surface area contributed by atoms with E-state index in [1.165, 1.54) is 0 Å². The minimum absolute atomic E-state index is 0.406. The highest BCUT2D eigenvalue weighted by molar-refractivity contribution is 6.42. The van der Waals surface area contributed by atoms with Gasteiger partial charge in [-0.3, -0.25) is 0 Å². The molecule has 0 aliphatic rings. The first-order valence-electron chi connectivity index (χ1n) is 5.45. The molecule has 0 saturated heterocycles. The molecule has 1 aromatic carbocycles. The van der Waals surface area contributed by atoms with E-state index in [4.69, 9.17) is 38.9 Å². The number of hydrogen-bond acceptors (Lipinski definition) is 4. The number of nitrogen functional groups attached to an aromatic ring is 1. The third-order valence-corrected chi connectivity index (χ3v) is 3.19. The lowest BCUT2D eigenvalue weighted by molar-refractivity contribution is 0.205. The topological polar surface area (TPSA) is 62.3 Å². The molecule has 1 rings (SSSR count). The van der Waals surface area contributed by atoms with Gasteiger partial charge in [-0.15, -0.1) is 0 Å². The number of ether oxygens (including phenoxy) is 1. The van der Waals surface area contributed by atoms with E-state index in [2.05, 4.69) is 6.07 Å². The number of methoxy groups -OCH3 is 1. The van der Waals surface area contributed by atoms with Gasteiger partial charge in [0.05, 0.1) is 40.5 Å². The van der Waals surface area contributed by atoms with Gasteiger partial charge >= 0.3 is 0 Å². The Morgan fingerprint density at radius 1 is 1.33 bits per heavy atom. The lowest BCUT2D eigenvalue weighted by Gasteiger charge is -2.25. The highest BCUT2D eigenvalue weighted by atomic mass is 35.5. The van der Waals surface area contributed by atoms with Crippen LogP contribution in [0, 0.1) is 11.3 Å². The summed E-state index contributed by atoms with van der Waals surface area (Å²) in [7, 11) is 1.63. The van der Waals surface area contributed by atoms with Gasteiger partial charge in [-0.05, 0) is 12.1 Å². The van der Waals surface area contributed by atoms with Crippen LogP contribution < -0.4 is 10.6 Å². The van der Waals surface area contributed by atoms with Crippen LogP contribution in [0.25, 0.3) is 0 Å². The van der Waals surface area contributed by atoms with E-state index in [0.717, 1.165) is 5.69 Å². The number of nitriles is 1. The standard InChI is InChI=1S/C12H15Cl2N3O/c1-18-6-5-17(4-2-3-15)12-8-10(14)9(13)7-11(12)16/h7-8H,2,4-6,16H2,1H3. The summed E-state index contributed by atoms with van der Waals surface area (Å²) < 4.78 is 5.04. The Labute approximate surface area is 117 Å². The molecular weight excluding hydrogens is 273 g/mol. The van der Waals surface area contributed by atoms with Crippen molar-refractivity contribution >= 4 is 34.6 Å². The van der Waals surface area contributed by atoms with Crippen LogP contribution in [0.4, 0.5) is 11.4 Å². The van der Waals surface area contributed by atoms with Crippen LogP contribution in [-0.4, -0.2) is 26.8 Å². The Hall–Kier alpha value is -1.15. The second kappa shape index (κ2) is 7.32. The number of nitrogens with zero attached hydrogens (tertiary/aromatic N) is 2. The molecular formula is C12H15Cl2N3O. The van der Waals surface area contributed by atoms with Gasteiger partial charge in [-0.2, -0.15) is 5.26 Å². The van der Waals surface area contributed by atoms with Crippen molar-refractivity contribution in [1.29, 1.82) is 5.26 Å². The number of anilines is 2. The van der Waals surface area contributed by atoms with Gasteiger partial charge in [-0.1, -0.05) is 23.2 Å². The molecule has 0 aliphatic heterocycles. The molecule has 0 heterocycles. The molecule has 0 radical (unpaired) electrons. The molecule has 98 valence electrons. The van der Waals surface area contributed by atoms with Crippen molar-refractivity contribution in [3.05, 3.63) is 22.2 Å². The zero-order chi connectivity index (χ0) is 13.5. The second-order valence-corrected chi connectivity index (χ2v) is 4.53. The zero-order valence-corrected chi connectivity index (χ0v) is 11.6. The van der Waals surface area contributed by atoms with Crippen molar-refractivity contribution in [2.75, 3.05) is 37.4 Å². The van der Waals surface area contributed by atoms with Crippen molar-refractivity contribution in [1.82, 2.24) is 0 Å². The number of halogens is 2. The van der Waals surface area contributed by atoms with E-state index in [1.807, 2.05) is 4.90 Å². The van der Waals surface area contributed by atoms with Crippen LogP contribution in [0.3, 0.4) is 0 Å². The molecule has 4 nitrogen and oxygen atoms in total. The SMILES string of the molecule is COCCN(CCC#N)c1cc(Cl)c(Cl)cc1N. The van der Waals surface area contributed by atoms with Crippen molar-refractivity contribution < 1.29 is 4.74 Å². The first-order valence-corrected chi connectivity index (χ1v) is 6.21. The predicted molar refractivity (Wildman–Crippen MR) is 75.2 cm³/mol. The predicted octanol–water partition coefficient (Wildman–Crippen LogP) is 2.94. The monoisotopic (exact) mass is 287 g/mol. The molecule has 0 spiro atoms. The highest BCUT2D eigenvalue weighted by Crippen LogP contribution is 2.33. The third-order valence-electron chi connectivity index (χ3n) is 2.47. The molecule has 18 heavy (non-hydrogen) atoms. The average molecular weight is 288 g/mol. The fraction of sp³-hybridized carbons (Fsp3) is 0.417. The Morgan fingerprint density at radius 2 is 2.00 bits per heavy atom. The molecule has 2 N–H and O–H groups in total. The van der Waals surface area contributed by atoms with E-state index < -0.39 is 0 Å². The normalized spacial score (nSPS) is 10.1. The van der Waals surface area contributed by atoms with Crippen LogP contribution in [0.1, 0.15) is 6.42 Å². The van der Waals surface area contributed by atoms with Crippen molar-refractivity contribution in [3.8, 4) is 6.07 Å². The van der Waals surface area contributed by atoms with E-state index in [1.54, 1.807) is 19.2 Å².